The van der Waals surface area contributed by atoms with Crippen LogP contribution in [0.1, 0.15) is 5.56 Å². The minimum atomic E-state index is 0.529. The molecule has 0 fully saturated rings. The number of benzene rings is 1. The van der Waals surface area contributed by atoms with E-state index in [2.05, 4.69) is 20.3 Å². The van der Waals surface area contributed by atoms with Crippen molar-refractivity contribution in [2.24, 2.45) is 0 Å². The molecule has 0 unspecified atom stereocenters. The molecule has 0 saturated heterocycles. The van der Waals surface area contributed by atoms with Crippen molar-refractivity contribution in [2.45, 2.75) is 6.92 Å². The van der Waals surface area contributed by atoms with Crippen molar-refractivity contribution in [1.82, 2.24) is 24.8 Å². The third-order valence-corrected chi connectivity index (χ3v) is 2.14. The van der Waals surface area contributed by atoms with Crippen LogP contribution in [0, 0.1) is 6.92 Å². The van der Waals surface area contributed by atoms with Gasteiger partial charge in [-0.2, -0.15) is 14.6 Å². The van der Waals surface area contributed by atoms with E-state index >= 15 is 0 Å². The Balaban J connectivity index is 2.57. The average molecular weight is 185 g/mol. The van der Waals surface area contributed by atoms with Crippen molar-refractivity contribution in [2.75, 3.05) is 0 Å². The van der Waals surface area contributed by atoms with Crippen LogP contribution < -0.4 is 0 Å². The maximum Gasteiger partial charge on any atom is 0.272 e. The Bertz CT molecular complexity index is 613. The number of nitrogens with zero attached hydrogens (tertiary/aromatic N) is 5. The molecule has 14 heavy (non-hydrogen) atoms. The molecule has 0 radical (unpaired) electrons. The Morgan fingerprint density at radius 2 is 2.14 bits per heavy atom. The second kappa shape index (κ2) is 2.47. The molecule has 3 rings (SSSR count). The molecule has 0 spiro atoms. The first-order chi connectivity index (χ1) is 6.84. The molecule has 0 bridgehead atoms. The predicted octanol–water partition coefficient (Wildman–Crippen LogP) is 0.981. The van der Waals surface area contributed by atoms with Crippen molar-refractivity contribution in [3.8, 4) is 0 Å². The van der Waals surface area contributed by atoms with E-state index in [0.717, 1.165) is 16.6 Å². The molecule has 5 heteroatoms. The van der Waals surface area contributed by atoms with Gasteiger partial charge in [-0.1, -0.05) is 6.07 Å². The van der Waals surface area contributed by atoms with Gasteiger partial charge in [0.1, 0.15) is 11.8 Å². The summed E-state index contributed by atoms with van der Waals surface area (Å²) in [5.41, 5.74) is 2.92. The lowest BCUT2D eigenvalue weighted by atomic mass is 10.2. The van der Waals surface area contributed by atoms with Crippen LogP contribution in [-0.2, 0) is 0 Å². The van der Waals surface area contributed by atoms with E-state index in [1.165, 1.54) is 6.33 Å². The second-order valence-corrected chi connectivity index (χ2v) is 3.16. The smallest absolute Gasteiger partial charge is 0.196 e. The molecule has 0 amide bonds. The van der Waals surface area contributed by atoms with E-state index in [1.807, 2.05) is 25.1 Å². The first-order valence-electron chi connectivity index (χ1n) is 4.27. The predicted molar refractivity (Wildman–Crippen MR) is 50.8 cm³/mol. The van der Waals surface area contributed by atoms with E-state index in [9.17, 15) is 0 Å². The number of hydrogen-bond acceptors (Lipinski definition) is 4. The zero-order valence-corrected chi connectivity index (χ0v) is 7.55. The van der Waals surface area contributed by atoms with E-state index in [-0.39, 0.29) is 0 Å². The van der Waals surface area contributed by atoms with Crippen LogP contribution in [0.15, 0.2) is 24.5 Å². The third kappa shape index (κ3) is 0.891. The Kier molecular flexibility index (Phi) is 1.30. The van der Waals surface area contributed by atoms with E-state index in [4.69, 9.17) is 0 Å². The van der Waals surface area contributed by atoms with Gasteiger partial charge in [0.25, 0.3) is 5.78 Å². The summed E-state index contributed by atoms with van der Waals surface area (Å²) in [6, 6.07) is 5.97. The second-order valence-electron chi connectivity index (χ2n) is 3.16. The molecule has 2 heterocycles. The molecule has 3 aromatic rings. The van der Waals surface area contributed by atoms with Crippen LogP contribution in [0.3, 0.4) is 0 Å². The largest absolute Gasteiger partial charge is 0.272 e. The summed E-state index contributed by atoms with van der Waals surface area (Å²) in [5.74, 6) is 0.529. The molecule has 0 aliphatic heterocycles. The molecule has 0 N–H and O–H groups in total. The van der Waals surface area contributed by atoms with Crippen LogP contribution in [-0.4, -0.2) is 24.8 Å². The highest BCUT2D eigenvalue weighted by molar-refractivity contribution is 5.76. The fourth-order valence-electron chi connectivity index (χ4n) is 1.46. The normalized spacial score (nSPS) is 11.2. The summed E-state index contributed by atoms with van der Waals surface area (Å²) in [5, 5.41) is 12.1. The standard InChI is InChI=1S/C9H7N5/c1-6-2-3-8-7(4-6)12-13-9-10-5-11-14(8)9/h2-5H,1H3. The van der Waals surface area contributed by atoms with Crippen LogP contribution in [0.2, 0.25) is 0 Å². The fraction of sp³-hybridized carbons (Fsp3) is 0.111. The van der Waals surface area contributed by atoms with Gasteiger partial charge in [-0.25, -0.2) is 0 Å². The maximum absolute atomic E-state index is 4.08. The molecular formula is C9H7N5. The minimum absolute atomic E-state index is 0.529. The summed E-state index contributed by atoms with van der Waals surface area (Å²) in [7, 11) is 0. The van der Waals surface area contributed by atoms with Gasteiger partial charge in [0.05, 0.1) is 5.52 Å². The molecule has 5 nitrogen and oxygen atoms in total. The van der Waals surface area contributed by atoms with Gasteiger partial charge in [0.2, 0.25) is 0 Å². The van der Waals surface area contributed by atoms with Crippen molar-refractivity contribution >= 4 is 16.8 Å². The summed E-state index contributed by atoms with van der Waals surface area (Å²) in [6.45, 7) is 2.02. The fourth-order valence-corrected chi connectivity index (χ4v) is 1.46. The number of fused-ring (bicyclic) bond motifs is 3. The first kappa shape index (κ1) is 7.37. The summed E-state index contributed by atoms with van der Waals surface area (Å²) >= 11 is 0. The van der Waals surface area contributed by atoms with Gasteiger partial charge < -0.3 is 0 Å². The van der Waals surface area contributed by atoms with Crippen molar-refractivity contribution in [3.63, 3.8) is 0 Å². The number of hydrogen-bond donors (Lipinski definition) is 0. The molecule has 1 aromatic carbocycles. The van der Waals surface area contributed by atoms with E-state index < -0.39 is 0 Å². The zero-order valence-electron chi connectivity index (χ0n) is 7.55. The van der Waals surface area contributed by atoms with Gasteiger partial charge >= 0.3 is 0 Å². The topological polar surface area (TPSA) is 56.0 Å². The lowest BCUT2D eigenvalue weighted by molar-refractivity contribution is 0.940. The summed E-state index contributed by atoms with van der Waals surface area (Å²) in [6.07, 6.45) is 1.48. The Hall–Kier alpha value is -2.04. The highest BCUT2D eigenvalue weighted by atomic mass is 15.4. The van der Waals surface area contributed by atoms with Crippen molar-refractivity contribution in [3.05, 3.63) is 30.1 Å². The third-order valence-electron chi connectivity index (χ3n) is 2.14. The molecule has 0 aliphatic rings. The Morgan fingerprint density at radius 1 is 1.21 bits per heavy atom. The lowest BCUT2D eigenvalue weighted by Gasteiger charge is -1.98. The molecule has 0 aliphatic carbocycles. The minimum Gasteiger partial charge on any atom is -0.196 e. The Morgan fingerprint density at radius 3 is 3.07 bits per heavy atom. The first-order valence-corrected chi connectivity index (χ1v) is 4.27. The van der Waals surface area contributed by atoms with Crippen molar-refractivity contribution < 1.29 is 0 Å². The van der Waals surface area contributed by atoms with Crippen LogP contribution in [0.5, 0.6) is 0 Å². The highest BCUT2D eigenvalue weighted by Gasteiger charge is 2.03. The van der Waals surface area contributed by atoms with Gasteiger partial charge in [-0.3, -0.25) is 0 Å². The average Bonchev–Trinajstić information content (AvgIpc) is 2.65. The van der Waals surface area contributed by atoms with Gasteiger partial charge in [-0.05, 0) is 24.6 Å². The quantitative estimate of drug-likeness (QED) is 0.524. The summed E-state index contributed by atoms with van der Waals surface area (Å²) < 4.78 is 1.68. The molecular weight excluding hydrogens is 178 g/mol. The monoisotopic (exact) mass is 185 g/mol. The molecule has 68 valence electrons. The molecule has 0 saturated carbocycles. The number of aromatic nitrogens is 5. The van der Waals surface area contributed by atoms with E-state index in [0.29, 0.717) is 5.78 Å². The zero-order chi connectivity index (χ0) is 9.54. The van der Waals surface area contributed by atoms with Gasteiger partial charge in [0, 0.05) is 0 Å². The van der Waals surface area contributed by atoms with Gasteiger partial charge in [-0.15, -0.1) is 10.2 Å². The van der Waals surface area contributed by atoms with Crippen molar-refractivity contribution in [1.29, 1.82) is 0 Å². The van der Waals surface area contributed by atoms with Crippen LogP contribution in [0.25, 0.3) is 16.8 Å². The molecule has 0 atom stereocenters. The maximum atomic E-state index is 4.08. The van der Waals surface area contributed by atoms with E-state index in [1.54, 1.807) is 4.52 Å². The van der Waals surface area contributed by atoms with Crippen LogP contribution in [0.4, 0.5) is 0 Å². The summed E-state index contributed by atoms with van der Waals surface area (Å²) in [4.78, 5) is 3.97. The number of aryl methyl sites for hydroxylation is 1. The molecule has 2 aromatic heterocycles. The van der Waals surface area contributed by atoms with Gasteiger partial charge in [0.15, 0.2) is 0 Å². The SMILES string of the molecule is Cc1ccc2c(c1)nnc1ncnn12. The lowest BCUT2D eigenvalue weighted by Crippen LogP contribution is -1.96. The highest BCUT2D eigenvalue weighted by Crippen LogP contribution is 2.12. The number of rotatable bonds is 0. The van der Waals surface area contributed by atoms with Crippen LogP contribution >= 0.6 is 0 Å². The Labute approximate surface area is 79.4 Å².